The van der Waals surface area contributed by atoms with E-state index < -0.39 is 0 Å². The maximum Gasteiger partial charge on any atom is 0.119 e. The van der Waals surface area contributed by atoms with Crippen LogP contribution >= 0.6 is 9.24 Å². The Labute approximate surface area is 229 Å². The highest BCUT2D eigenvalue weighted by Gasteiger charge is 2.24. The Bertz CT molecular complexity index is 1250. The molecule has 2 aromatic carbocycles. The first-order valence-electron chi connectivity index (χ1n) is 13.5. The normalized spacial score (nSPS) is 18.8. The molecule has 0 saturated carbocycles. The molecule has 1 aliphatic heterocycles. The van der Waals surface area contributed by atoms with E-state index >= 15 is 0 Å². The van der Waals surface area contributed by atoms with Gasteiger partial charge in [0, 0.05) is 25.3 Å². The molecule has 1 aliphatic carbocycles. The Balaban J connectivity index is 1.71. The number of likely N-dealkylation sites (tertiary alicyclic amines) is 1. The van der Waals surface area contributed by atoms with Crippen molar-refractivity contribution in [3.63, 3.8) is 0 Å². The molecule has 4 rings (SSSR count). The molecule has 38 heavy (non-hydrogen) atoms. The van der Waals surface area contributed by atoms with Crippen molar-refractivity contribution >= 4 is 31.4 Å². The minimum absolute atomic E-state index is 0.141. The molecular weight excluding hydrogens is 494 g/mol. The molecule has 2 aromatic rings. The Morgan fingerprint density at radius 1 is 1.18 bits per heavy atom. The first-order valence-corrected chi connectivity index (χ1v) is 14.0. The van der Waals surface area contributed by atoms with E-state index in [0.717, 1.165) is 73.4 Å². The van der Waals surface area contributed by atoms with E-state index in [4.69, 9.17) is 15.2 Å². The molecule has 1 saturated heterocycles. The van der Waals surface area contributed by atoms with Crippen LogP contribution in [0.4, 0.5) is 10.1 Å². The predicted molar refractivity (Wildman–Crippen MR) is 162 cm³/mol. The van der Waals surface area contributed by atoms with Crippen LogP contribution in [-0.2, 0) is 11.2 Å². The molecular formula is C32H40FN2O2P. The lowest BCUT2D eigenvalue weighted by atomic mass is 9.87. The fourth-order valence-corrected chi connectivity index (χ4v) is 5.93. The van der Waals surface area contributed by atoms with Gasteiger partial charge in [-0.1, -0.05) is 30.9 Å². The third-order valence-corrected chi connectivity index (χ3v) is 7.83. The SMILES string of the molecule is C=C/C(=C\C=C(/C)O[C@H]1CCN(CCCF)C1)C1=C(c2ccc(OC)cc2P)CCCc2cc(N)ccc21. The lowest BCUT2D eigenvalue weighted by molar-refractivity contribution is 0.121. The Morgan fingerprint density at radius 3 is 2.74 bits per heavy atom. The fourth-order valence-electron chi connectivity index (χ4n) is 5.49. The summed E-state index contributed by atoms with van der Waals surface area (Å²) in [4.78, 5) is 2.28. The zero-order chi connectivity index (χ0) is 27.1. The fraction of sp³-hybridized carbons (Fsp3) is 0.375. The van der Waals surface area contributed by atoms with E-state index in [0.29, 0.717) is 6.42 Å². The molecule has 0 spiro atoms. The largest absolute Gasteiger partial charge is 0.497 e. The van der Waals surface area contributed by atoms with Crippen LogP contribution in [0.2, 0.25) is 0 Å². The second kappa shape index (κ2) is 13.3. The van der Waals surface area contributed by atoms with Gasteiger partial charge in [-0.15, -0.1) is 9.24 Å². The number of rotatable bonds is 10. The topological polar surface area (TPSA) is 47.7 Å². The highest BCUT2D eigenvalue weighted by Crippen LogP contribution is 2.41. The lowest BCUT2D eigenvalue weighted by Crippen LogP contribution is -2.24. The van der Waals surface area contributed by atoms with Gasteiger partial charge in [0.05, 0.1) is 19.5 Å². The van der Waals surface area contributed by atoms with Gasteiger partial charge in [-0.25, -0.2) is 0 Å². The molecule has 6 heteroatoms. The summed E-state index contributed by atoms with van der Waals surface area (Å²) in [5.41, 5.74) is 14.1. The highest BCUT2D eigenvalue weighted by atomic mass is 31.0. The molecule has 0 radical (unpaired) electrons. The summed E-state index contributed by atoms with van der Waals surface area (Å²) in [6, 6.07) is 12.5. The first-order chi connectivity index (χ1) is 18.4. The second-order valence-corrected chi connectivity index (χ2v) is 10.7. The average molecular weight is 535 g/mol. The molecule has 0 bridgehead atoms. The van der Waals surface area contributed by atoms with Crippen molar-refractivity contribution in [3.05, 3.63) is 89.2 Å². The highest BCUT2D eigenvalue weighted by molar-refractivity contribution is 7.27. The molecule has 1 heterocycles. The number of halogens is 1. The summed E-state index contributed by atoms with van der Waals surface area (Å²) in [5.74, 6) is 1.71. The van der Waals surface area contributed by atoms with E-state index in [1.807, 2.05) is 31.2 Å². The summed E-state index contributed by atoms with van der Waals surface area (Å²) in [5, 5.41) is 1.10. The zero-order valence-electron chi connectivity index (χ0n) is 22.6. The number of anilines is 1. The van der Waals surface area contributed by atoms with E-state index in [9.17, 15) is 4.39 Å². The number of alkyl halides is 1. The number of benzene rings is 2. The van der Waals surface area contributed by atoms with Gasteiger partial charge in [0.15, 0.2) is 0 Å². The van der Waals surface area contributed by atoms with Gasteiger partial charge in [-0.2, -0.15) is 0 Å². The Hall–Kier alpha value is -2.88. The van der Waals surface area contributed by atoms with Gasteiger partial charge in [-0.05, 0) is 108 Å². The van der Waals surface area contributed by atoms with E-state index in [1.165, 1.54) is 27.8 Å². The number of methoxy groups -OCH3 is 1. The third kappa shape index (κ3) is 6.76. The van der Waals surface area contributed by atoms with Crippen LogP contribution in [0.25, 0.3) is 11.1 Å². The Kier molecular flexibility index (Phi) is 9.82. The number of hydrogen-bond donors (Lipinski definition) is 1. The number of hydrogen-bond acceptors (Lipinski definition) is 4. The predicted octanol–water partition coefficient (Wildman–Crippen LogP) is 6.49. The summed E-state index contributed by atoms with van der Waals surface area (Å²) in [6.45, 7) is 8.54. The summed E-state index contributed by atoms with van der Waals surface area (Å²) >= 11 is 0. The smallest absolute Gasteiger partial charge is 0.119 e. The van der Waals surface area contributed by atoms with Crippen LogP contribution in [0, 0.1) is 0 Å². The molecule has 1 fully saturated rings. The summed E-state index contributed by atoms with van der Waals surface area (Å²) < 4.78 is 24.3. The zero-order valence-corrected chi connectivity index (χ0v) is 23.8. The van der Waals surface area contributed by atoms with E-state index in [-0.39, 0.29) is 12.8 Å². The average Bonchev–Trinajstić information content (AvgIpc) is 3.27. The molecule has 1 unspecified atom stereocenters. The van der Waals surface area contributed by atoms with Crippen molar-refractivity contribution in [2.75, 3.05) is 39.2 Å². The van der Waals surface area contributed by atoms with Gasteiger partial charge in [0.1, 0.15) is 11.9 Å². The third-order valence-electron chi connectivity index (χ3n) is 7.35. The van der Waals surface area contributed by atoms with E-state index in [2.05, 4.69) is 51.1 Å². The molecule has 2 atom stereocenters. The van der Waals surface area contributed by atoms with Crippen molar-refractivity contribution < 1.29 is 13.9 Å². The first kappa shape index (κ1) is 28.1. The number of aryl methyl sites for hydroxylation is 1. The molecule has 0 amide bonds. The number of allylic oxidation sites excluding steroid dienone is 7. The van der Waals surface area contributed by atoms with Crippen LogP contribution in [-0.4, -0.2) is 44.4 Å². The molecule has 2 aliphatic rings. The summed E-state index contributed by atoms with van der Waals surface area (Å²) in [7, 11) is 4.57. The van der Waals surface area contributed by atoms with Crippen LogP contribution < -0.4 is 15.8 Å². The Morgan fingerprint density at radius 2 is 2.00 bits per heavy atom. The monoisotopic (exact) mass is 534 g/mol. The van der Waals surface area contributed by atoms with Crippen molar-refractivity contribution in [1.82, 2.24) is 4.90 Å². The molecule has 4 nitrogen and oxygen atoms in total. The molecule has 202 valence electrons. The van der Waals surface area contributed by atoms with Gasteiger partial charge < -0.3 is 15.2 Å². The number of nitrogens with two attached hydrogens (primary N) is 1. The van der Waals surface area contributed by atoms with Gasteiger partial charge >= 0.3 is 0 Å². The second-order valence-electron chi connectivity index (χ2n) is 10.1. The number of ether oxygens (including phenoxy) is 2. The standard InChI is InChI=1S/C32H40FN2O2P/c1-4-23(10-9-22(2)37-27-15-18-35(21-27)17-6-16-33)32-28-13-11-25(34)19-24(28)7-5-8-30(32)29-14-12-26(36-3)20-31(29)38/h4,9-14,19-20,27H,1,5-8,15-18,21,34,38H2,2-3H3/b22-9+,23-10+/t27-/m0/s1. The minimum Gasteiger partial charge on any atom is -0.497 e. The number of fused-ring (bicyclic) bond motifs is 1. The van der Waals surface area contributed by atoms with Crippen molar-refractivity contribution in [1.29, 1.82) is 0 Å². The van der Waals surface area contributed by atoms with Gasteiger partial charge in [0.2, 0.25) is 0 Å². The van der Waals surface area contributed by atoms with Crippen LogP contribution in [0.15, 0.2) is 72.5 Å². The van der Waals surface area contributed by atoms with Crippen molar-refractivity contribution in [2.24, 2.45) is 0 Å². The number of nitrogens with zero attached hydrogens (tertiary/aromatic N) is 1. The van der Waals surface area contributed by atoms with Gasteiger partial charge in [-0.3, -0.25) is 9.29 Å². The van der Waals surface area contributed by atoms with Gasteiger partial charge in [0.25, 0.3) is 0 Å². The molecule has 2 N–H and O–H groups in total. The number of nitrogen functional groups attached to an aromatic ring is 1. The minimum atomic E-state index is -0.265. The summed E-state index contributed by atoms with van der Waals surface area (Å²) in [6.07, 6.45) is 10.7. The van der Waals surface area contributed by atoms with Crippen molar-refractivity contribution in [3.8, 4) is 5.75 Å². The van der Waals surface area contributed by atoms with Crippen LogP contribution in [0.3, 0.4) is 0 Å². The maximum atomic E-state index is 12.5. The maximum absolute atomic E-state index is 12.5. The lowest BCUT2D eigenvalue weighted by Gasteiger charge is -2.19. The van der Waals surface area contributed by atoms with Crippen LogP contribution in [0.1, 0.15) is 49.3 Å². The van der Waals surface area contributed by atoms with Crippen molar-refractivity contribution in [2.45, 2.75) is 45.1 Å². The van der Waals surface area contributed by atoms with Crippen LogP contribution in [0.5, 0.6) is 5.75 Å². The quantitative estimate of drug-likeness (QED) is 0.164. The van der Waals surface area contributed by atoms with E-state index in [1.54, 1.807) is 7.11 Å². The molecule has 0 aromatic heterocycles.